The third-order valence-electron chi connectivity index (χ3n) is 3.39. The van der Waals surface area contributed by atoms with Gasteiger partial charge in [0.1, 0.15) is 11.5 Å². The van der Waals surface area contributed by atoms with Crippen LogP contribution >= 0.6 is 11.6 Å². The van der Waals surface area contributed by atoms with Gasteiger partial charge >= 0.3 is 0 Å². The van der Waals surface area contributed by atoms with Gasteiger partial charge in [0.25, 0.3) is 0 Å². The number of aromatic hydroxyl groups is 1. The maximum absolute atomic E-state index is 9.56. The molecule has 0 bridgehead atoms. The second-order valence-corrected chi connectivity index (χ2v) is 5.11. The summed E-state index contributed by atoms with van der Waals surface area (Å²) in [6.45, 7) is 0. The highest BCUT2D eigenvalue weighted by Gasteiger charge is 2.32. The maximum Gasteiger partial charge on any atom is 0.225 e. The number of hydrogen-bond donors (Lipinski definition) is 3. The number of benzene rings is 2. The van der Waals surface area contributed by atoms with Crippen LogP contribution in [0.2, 0.25) is 5.02 Å². The minimum absolute atomic E-state index is 0.0682. The van der Waals surface area contributed by atoms with E-state index >= 15 is 0 Å². The van der Waals surface area contributed by atoms with Crippen LogP contribution in [-0.4, -0.2) is 16.9 Å². The molecule has 1 aliphatic heterocycles. The molecule has 0 fully saturated rings. The van der Waals surface area contributed by atoms with Crippen LogP contribution < -0.4 is 4.74 Å². The summed E-state index contributed by atoms with van der Waals surface area (Å²) < 4.78 is 5.37. The first kappa shape index (κ1) is 13.4. The van der Waals surface area contributed by atoms with Gasteiger partial charge in [0.15, 0.2) is 0 Å². The normalized spacial score (nSPS) is 16.9. The summed E-state index contributed by atoms with van der Waals surface area (Å²) in [7, 11) is 0. The molecule has 1 unspecified atom stereocenters. The molecule has 1 heterocycles. The Morgan fingerprint density at radius 3 is 2.52 bits per heavy atom. The van der Waals surface area contributed by atoms with Crippen molar-refractivity contribution in [1.29, 1.82) is 10.8 Å². The highest BCUT2D eigenvalue weighted by Crippen LogP contribution is 2.42. The summed E-state index contributed by atoms with van der Waals surface area (Å²) in [5.74, 6) is 2.31. The standard InChI is InChI=1S/C16H11ClN2O2/c17-10-3-1-9(2-4-10)15-12-6-5-11(20)7-14(12)21-16(19)13(15)8-18/h1-7,15,18-20H. The van der Waals surface area contributed by atoms with E-state index in [4.69, 9.17) is 27.2 Å². The molecule has 5 heteroatoms. The minimum atomic E-state index is -0.336. The van der Waals surface area contributed by atoms with Gasteiger partial charge in [-0.25, -0.2) is 0 Å². The van der Waals surface area contributed by atoms with E-state index in [-0.39, 0.29) is 17.6 Å². The highest BCUT2D eigenvalue weighted by molar-refractivity contribution is 6.30. The van der Waals surface area contributed by atoms with Gasteiger partial charge in [0.2, 0.25) is 5.90 Å². The van der Waals surface area contributed by atoms with Gasteiger partial charge in [-0.05, 0) is 29.6 Å². The number of nitrogens with one attached hydrogen (secondary N) is 2. The zero-order chi connectivity index (χ0) is 15.0. The summed E-state index contributed by atoms with van der Waals surface area (Å²) in [6.07, 6.45) is 0. The summed E-state index contributed by atoms with van der Waals surface area (Å²) in [5, 5.41) is 25.6. The lowest BCUT2D eigenvalue weighted by Gasteiger charge is -2.27. The monoisotopic (exact) mass is 298 g/mol. The first-order chi connectivity index (χ1) is 10.1. The minimum Gasteiger partial charge on any atom is -0.508 e. The molecule has 1 aliphatic rings. The molecule has 2 aromatic carbocycles. The van der Waals surface area contributed by atoms with Crippen molar-refractivity contribution < 1.29 is 9.84 Å². The van der Waals surface area contributed by atoms with Gasteiger partial charge < -0.3 is 9.84 Å². The third kappa shape index (κ3) is 2.31. The van der Waals surface area contributed by atoms with Crippen molar-refractivity contribution in [2.45, 2.75) is 5.92 Å². The van der Waals surface area contributed by atoms with Gasteiger partial charge in [-0.2, -0.15) is 0 Å². The molecular formula is C16H11ClN2O2. The topological polar surface area (TPSA) is 77.2 Å². The van der Waals surface area contributed by atoms with Crippen LogP contribution in [-0.2, 0) is 0 Å². The number of rotatable bonds is 1. The van der Waals surface area contributed by atoms with Crippen LogP contribution in [0, 0.1) is 10.8 Å². The van der Waals surface area contributed by atoms with Gasteiger partial charge in [-0.3, -0.25) is 10.8 Å². The summed E-state index contributed by atoms with van der Waals surface area (Å²) in [6, 6.07) is 12.0. The van der Waals surface area contributed by atoms with Crippen LogP contribution in [0.3, 0.4) is 0 Å². The fourth-order valence-corrected chi connectivity index (χ4v) is 2.56. The molecule has 2 aromatic rings. The Bertz CT molecular complexity index is 777. The average molecular weight is 299 g/mol. The SMILES string of the molecule is N=C=C1C(=N)Oc2cc(O)ccc2C1c1ccc(Cl)cc1. The molecule has 0 spiro atoms. The van der Waals surface area contributed by atoms with E-state index in [1.54, 1.807) is 24.3 Å². The number of halogens is 1. The molecule has 0 aliphatic carbocycles. The summed E-state index contributed by atoms with van der Waals surface area (Å²) in [5.41, 5.74) is 2.01. The van der Waals surface area contributed by atoms with Crippen LogP contribution in [0.1, 0.15) is 17.0 Å². The molecular weight excluding hydrogens is 288 g/mol. The zero-order valence-electron chi connectivity index (χ0n) is 10.9. The molecule has 3 N–H and O–H groups in total. The van der Waals surface area contributed by atoms with E-state index in [0.29, 0.717) is 16.3 Å². The number of fused-ring (bicyclic) bond motifs is 1. The Kier molecular flexibility index (Phi) is 3.26. The summed E-state index contributed by atoms with van der Waals surface area (Å²) in [4.78, 5) is 0. The van der Waals surface area contributed by atoms with Crippen molar-refractivity contribution in [3.8, 4) is 11.5 Å². The number of ether oxygens (including phenoxy) is 1. The number of phenolic OH excluding ortho intramolecular Hbond substituents is 1. The molecule has 3 rings (SSSR count). The Balaban J connectivity index is 2.22. The first-order valence-corrected chi connectivity index (χ1v) is 6.62. The van der Waals surface area contributed by atoms with Gasteiger partial charge in [0, 0.05) is 16.7 Å². The van der Waals surface area contributed by atoms with Gasteiger partial charge in [-0.15, -0.1) is 0 Å². The Morgan fingerprint density at radius 2 is 1.86 bits per heavy atom. The largest absolute Gasteiger partial charge is 0.508 e. The molecule has 0 aromatic heterocycles. The van der Waals surface area contributed by atoms with E-state index in [0.717, 1.165) is 11.1 Å². The fraction of sp³-hybridized carbons (Fsp3) is 0.0625. The Labute approximate surface area is 126 Å². The zero-order valence-corrected chi connectivity index (χ0v) is 11.6. The second kappa shape index (κ2) is 5.09. The van der Waals surface area contributed by atoms with E-state index in [2.05, 4.69) is 5.87 Å². The molecule has 21 heavy (non-hydrogen) atoms. The summed E-state index contributed by atoms with van der Waals surface area (Å²) >= 11 is 5.91. The fourth-order valence-electron chi connectivity index (χ4n) is 2.43. The van der Waals surface area contributed by atoms with E-state index < -0.39 is 0 Å². The van der Waals surface area contributed by atoms with Crippen molar-refractivity contribution in [2.75, 3.05) is 0 Å². The third-order valence-corrected chi connectivity index (χ3v) is 3.64. The van der Waals surface area contributed by atoms with Gasteiger partial charge in [-0.1, -0.05) is 29.8 Å². The van der Waals surface area contributed by atoms with Crippen molar-refractivity contribution in [2.24, 2.45) is 0 Å². The molecule has 104 valence electrons. The van der Waals surface area contributed by atoms with E-state index in [1.807, 2.05) is 12.1 Å². The Morgan fingerprint density at radius 1 is 1.14 bits per heavy atom. The second-order valence-electron chi connectivity index (χ2n) is 4.68. The predicted octanol–water partition coefficient (Wildman–Crippen LogP) is 3.72. The van der Waals surface area contributed by atoms with Crippen molar-refractivity contribution in [3.63, 3.8) is 0 Å². The Hall–Kier alpha value is -2.55. The molecule has 0 saturated carbocycles. The molecule has 0 amide bonds. The first-order valence-electron chi connectivity index (χ1n) is 6.25. The van der Waals surface area contributed by atoms with Gasteiger partial charge in [0.05, 0.1) is 11.5 Å². The lowest BCUT2D eigenvalue weighted by Crippen LogP contribution is -2.24. The molecule has 1 atom stereocenters. The maximum atomic E-state index is 9.56. The average Bonchev–Trinajstić information content (AvgIpc) is 2.46. The number of phenols is 1. The van der Waals surface area contributed by atoms with Crippen molar-refractivity contribution in [3.05, 3.63) is 64.2 Å². The highest BCUT2D eigenvalue weighted by atomic mass is 35.5. The van der Waals surface area contributed by atoms with Crippen LogP contribution in [0.5, 0.6) is 11.5 Å². The molecule has 4 nitrogen and oxygen atoms in total. The number of hydrogen-bond acceptors (Lipinski definition) is 4. The smallest absolute Gasteiger partial charge is 0.225 e. The van der Waals surface area contributed by atoms with Crippen molar-refractivity contribution >= 4 is 23.4 Å². The predicted molar refractivity (Wildman–Crippen MR) is 81.0 cm³/mol. The quantitative estimate of drug-likeness (QED) is 0.702. The van der Waals surface area contributed by atoms with Crippen LogP contribution in [0.4, 0.5) is 0 Å². The van der Waals surface area contributed by atoms with Crippen molar-refractivity contribution in [1.82, 2.24) is 0 Å². The lowest BCUT2D eigenvalue weighted by molar-refractivity contribution is 0.463. The molecule has 0 saturated heterocycles. The van der Waals surface area contributed by atoms with Crippen LogP contribution in [0.15, 0.2) is 48.0 Å². The van der Waals surface area contributed by atoms with E-state index in [1.165, 1.54) is 6.07 Å². The lowest BCUT2D eigenvalue weighted by atomic mass is 9.83. The van der Waals surface area contributed by atoms with E-state index in [9.17, 15) is 5.11 Å². The molecule has 0 radical (unpaired) electrons. The van der Waals surface area contributed by atoms with Crippen LogP contribution in [0.25, 0.3) is 0 Å².